The van der Waals surface area contributed by atoms with E-state index in [0.29, 0.717) is 32.1 Å². The molecule has 1 atom stereocenters. The molecule has 0 aromatic rings. The van der Waals surface area contributed by atoms with Gasteiger partial charge in [-0.1, -0.05) is 242 Å². The van der Waals surface area contributed by atoms with Crippen LogP contribution < -0.4 is 10.6 Å². The first kappa shape index (κ1) is 62.7. The fourth-order valence-electron chi connectivity index (χ4n) is 9.80. The van der Waals surface area contributed by atoms with Crippen LogP contribution >= 0.6 is 0 Å². The maximum atomic E-state index is 13.1. The van der Waals surface area contributed by atoms with Gasteiger partial charge >= 0.3 is 6.09 Å². The van der Waals surface area contributed by atoms with Crippen molar-refractivity contribution >= 4 is 12.0 Å². The monoisotopic (exact) mass is 907 g/mol. The minimum Gasteiger partial charge on any atom is -0.447 e. The number of carbonyl (C=O) groups is 2. The summed E-state index contributed by atoms with van der Waals surface area (Å²) >= 11 is 0. The molecule has 0 bridgehead atoms. The average molecular weight is 908 g/mol. The van der Waals surface area contributed by atoms with Crippen LogP contribution in [0.4, 0.5) is 4.79 Å². The van der Waals surface area contributed by atoms with E-state index >= 15 is 0 Å². The second-order valence-corrected chi connectivity index (χ2v) is 22.8. The minimum absolute atomic E-state index is 0.0224. The summed E-state index contributed by atoms with van der Waals surface area (Å²) in [5.41, 5.74) is -0.309. The fraction of sp³-hybridized carbons (Fsp3) is 0.965. The maximum absolute atomic E-state index is 13.1. The van der Waals surface area contributed by atoms with Crippen molar-refractivity contribution in [3.63, 3.8) is 0 Å². The van der Waals surface area contributed by atoms with E-state index in [2.05, 4.69) is 79.9 Å². The summed E-state index contributed by atoms with van der Waals surface area (Å²) in [5, 5.41) is 6.17. The third kappa shape index (κ3) is 44.5. The number of amides is 2. The van der Waals surface area contributed by atoms with E-state index in [9.17, 15) is 9.59 Å². The Morgan fingerprint density at radius 2 is 0.891 bits per heavy atom. The molecule has 0 fully saturated rings. The molecule has 0 aromatic heterocycles. The smallest absolute Gasteiger partial charge is 0.407 e. The van der Waals surface area contributed by atoms with Crippen LogP contribution in [0.1, 0.15) is 294 Å². The number of hydrogen-bond acceptors (Lipinski definition) is 5. The Labute approximate surface area is 400 Å². The largest absolute Gasteiger partial charge is 0.447 e. The Hall–Kier alpha value is -1.34. The van der Waals surface area contributed by atoms with E-state index in [1.165, 1.54) is 180 Å². The first-order chi connectivity index (χ1) is 30.6. The molecular weight excluding hydrogens is 793 g/mol. The molecule has 0 saturated heterocycles. The molecule has 0 aliphatic rings. The van der Waals surface area contributed by atoms with Crippen LogP contribution in [0.2, 0.25) is 0 Å². The number of unbranched alkanes of at least 4 members (excludes halogenated alkanes) is 29. The molecule has 7 heteroatoms. The van der Waals surface area contributed by atoms with Gasteiger partial charge in [0.25, 0.3) is 0 Å². The van der Waals surface area contributed by atoms with Gasteiger partial charge < -0.3 is 24.8 Å². The van der Waals surface area contributed by atoms with Gasteiger partial charge in [-0.25, -0.2) is 4.79 Å². The molecule has 2 N–H and O–H groups in total. The standard InChI is InChI=1S/C57H114N2O5/c1-11-13-15-17-19-21-23-25-27-29-31-33-35-37-39-41-44-62-46-52(59-53(60)42-40-38-36-34-32-30-28-26-24-22-20-18-16-14-12-2)47-63-54(61)58-50-56(7,8)48-55(5,6)49-57(9,10)64-45-43-51(3)4/h51-52H,11-50H2,1-10H3,(H,58,61)(H,59,60). The zero-order valence-corrected chi connectivity index (χ0v) is 45.0. The number of hydrogen-bond donors (Lipinski definition) is 2. The van der Waals surface area contributed by atoms with Gasteiger partial charge in [-0.15, -0.1) is 0 Å². The predicted octanol–water partition coefficient (Wildman–Crippen LogP) is 17.4. The Kier molecular flexibility index (Phi) is 40.9. The summed E-state index contributed by atoms with van der Waals surface area (Å²) < 4.78 is 18.1. The molecule has 0 aliphatic heterocycles. The molecule has 0 spiro atoms. The van der Waals surface area contributed by atoms with Crippen molar-refractivity contribution in [3.8, 4) is 0 Å². The highest BCUT2D eigenvalue weighted by Gasteiger charge is 2.35. The van der Waals surface area contributed by atoms with Gasteiger partial charge in [-0.3, -0.25) is 4.79 Å². The van der Waals surface area contributed by atoms with Gasteiger partial charge in [0.2, 0.25) is 5.91 Å². The summed E-state index contributed by atoms with van der Waals surface area (Å²) in [7, 11) is 0. The molecule has 2 amide bonds. The van der Waals surface area contributed by atoms with Crippen molar-refractivity contribution in [2.45, 2.75) is 306 Å². The first-order valence-corrected chi connectivity index (χ1v) is 28.0. The lowest BCUT2D eigenvalue weighted by Crippen LogP contribution is -2.44. The van der Waals surface area contributed by atoms with E-state index in [4.69, 9.17) is 14.2 Å². The van der Waals surface area contributed by atoms with Crippen LogP contribution in [0.15, 0.2) is 0 Å². The Morgan fingerprint density at radius 3 is 1.31 bits per heavy atom. The lowest BCUT2D eigenvalue weighted by molar-refractivity contribution is -0.122. The molecular formula is C57H114N2O5. The van der Waals surface area contributed by atoms with Gasteiger partial charge in [-0.2, -0.15) is 0 Å². The highest BCUT2D eigenvalue weighted by molar-refractivity contribution is 5.76. The average Bonchev–Trinajstić information content (AvgIpc) is 3.21. The molecule has 0 aliphatic carbocycles. The van der Waals surface area contributed by atoms with Crippen LogP contribution in [-0.4, -0.2) is 56.6 Å². The van der Waals surface area contributed by atoms with Crippen LogP contribution in [0.25, 0.3) is 0 Å². The normalized spacial score (nSPS) is 12.9. The Morgan fingerprint density at radius 1 is 0.484 bits per heavy atom. The highest BCUT2D eigenvalue weighted by atomic mass is 16.6. The van der Waals surface area contributed by atoms with Crippen LogP contribution in [0.5, 0.6) is 0 Å². The SMILES string of the molecule is CCCCCCCCCCCCCCCCCCOCC(COC(=O)NCC(C)(C)CC(C)(C)CC(C)(C)OCCC(C)C)NC(=O)CCCCCCCCCCCCCCCCC. The Bertz CT molecular complexity index is 1040. The molecule has 1 unspecified atom stereocenters. The second kappa shape index (κ2) is 41.8. The van der Waals surface area contributed by atoms with Crippen molar-refractivity contribution in [1.29, 1.82) is 0 Å². The lowest BCUT2D eigenvalue weighted by atomic mass is 9.70. The first-order valence-electron chi connectivity index (χ1n) is 28.0. The lowest BCUT2D eigenvalue weighted by Gasteiger charge is -2.40. The molecule has 0 radical (unpaired) electrons. The van der Waals surface area contributed by atoms with Crippen molar-refractivity contribution in [2.75, 3.05) is 33.0 Å². The highest BCUT2D eigenvalue weighted by Crippen LogP contribution is 2.40. The third-order valence-electron chi connectivity index (χ3n) is 13.0. The van der Waals surface area contributed by atoms with Crippen molar-refractivity contribution in [3.05, 3.63) is 0 Å². The second-order valence-electron chi connectivity index (χ2n) is 22.8. The summed E-state index contributed by atoms with van der Waals surface area (Å²) in [6.45, 7) is 24.8. The third-order valence-corrected chi connectivity index (χ3v) is 13.0. The van der Waals surface area contributed by atoms with Crippen LogP contribution in [0.3, 0.4) is 0 Å². The zero-order valence-electron chi connectivity index (χ0n) is 45.0. The number of carbonyl (C=O) groups excluding carboxylic acids is 2. The zero-order chi connectivity index (χ0) is 47.6. The summed E-state index contributed by atoms with van der Waals surface area (Å²) in [5.74, 6) is 0.652. The molecule has 0 heterocycles. The number of ether oxygens (including phenoxy) is 3. The maximum Gasteiger partial charge on any atom is 0.407 e. The van der Waals surface area contributed by atoms with Crippen molar-refractivity contribution in [2.24, 2.45) is 16.7 Å². The number of nitrogens with one attached hydrogen (secondary N) is 2. The number of alkyl carbamates (subject to hydrolysis) is 1. The van der Waals surface area contributed by atoms with Gasteiger partial charge in [0.15, 0.2) is 0 Å². The fourth-order valence-corrected chi connectivity index (χ4v) is 9.80. The van der Waals surface area contributed by atoms with Crippen molar-refractivity contribution < 1.29 is 23.8 Å². The summed E-state index contributed by atoms with van der Waals surface area (Å²) in [6.07, 6.45) is 44.1. The van der Waals surface area contributed by atoms with Gasteiger partial charge in [0.1, 0.15) is 6.61 Å². The molecule has 0 saturated carbocycles. The topological polar surface area (TPSA) is 85.9 Å². The van der Waals surface area contributed by atoms with E-state index in [1.807, 2.05) is 0 Å². The molecule has 0 rings (SSSR count). The van der Waals surface area contributed by atoms with E-state index < -0.39 is 6.09 Å². The minimum atomic E-state index is -0.442. The van der Waals surface area contributed by atoms with Crippen LogP contribution in [-0.2, 0) is 19.0 Å². The summed E-state index contributed by atoms with van der Waals surface area (Å²) in [4.78, 5) is 26.1. The van der Waals surface area contributed by atoms with Crippen LogP contribution in [0, 0.1) is 16.7 Å². The molecule has 0 aromatic carbocycles. The van der Waals surface area contributed by atoms with Gasteiger partial charge in [0, 0.05) is 26.2 Å². The molecule has 64 heavy (non-hydrogen) atoms. The quantitative estimate of drug-likeness (QED) is 0.0594. The number of rotatable bonds is 48. The van der Waals surface area contributed by atoms with E-state index in [1.54, 1.807) is 0 Å². The predicted molar refractivity (Wildman–Crippen MR) is 277 cm³/mol. The summed E-state index contributed by atoms with van der Waals surface area (Å²) in [6, 6.07) is -0.361. The molecule has 7 nitrogen and oxygen atoms in total. The Balaban J connectivity index is 4.64. The van der Waals surface area contributed by atoms with E-state index in [-0.39, 0.29) is 35.0 Å². The molecule has 382 valence electrons. The van der Waals surface area contributed by atoms with Crippen molar-refractivity contribution in [1.82, 2.24) is 10.6 Å². The van der Waals surface area contributed by atoms with Gasteiger partial charge in [0.05, 0.1) is 18.2 Å². The van der Waals surface area contributed by atoms with E-state index in [0.717, 1.165) is 45.1 Å². The van der Waals surface area contributed by atoms with Gasteiger partial charge in [-0.05, 0) is 62.7 Å².